The predicted molar refractivity (Wildman–Crippen MR) is 118 cm³/mol. The molecule has 1 heterocycles. The zero-order valence-electron chi connectivity index (χ0n) is 17.5. The summed E-state index contributed by atoms with van der Waals surface area (Å²) < 4.78 is 24.0. The number of methoxy groups -OCH3 is 1. The van der Waals surface area contributed by atoms with Gasteiger partial charge in [0.25, 0.3) is 5.91 Å². The summed E-state index contributed by atoms with van der Waals surface area (Å²) in [6.07, 6.45) is -0.574. The molecule has 0 atom stereocenters. The molecule has 0 aliphatic rings. The van der Waals surface area contributed by atoms with Gasteiger partial charge in [-0.05, 0) is 63.2 Å². The lowest BCUT2D eigenvalue weighted by atomic mass is 10.1. The molecule has 0 saturated carbocycles. The summed E-state index contributed by atoms with van der Waals surface area (Å²) in [6.45, 7) is 5.32. The lowest BCUT2D eigenvalue weighted by Crippen LogP contribution is -2.27. The molecule has 0 unspecified atom stereocenters. The summed E-state index contributed by atoms with van der Waals surface area (Å²) in [4.78, 5) is 28.6. The molecule has 9 heteroatoms. The van der Waals surface area contributed by atoms with Crippen LogP contribution in [0.3, 0.4) is 0 Å². The second kappa shape index (κ2) is 9.13. The number of aromatic nitrogens is 1. The maximum atomic E-state index is 13.9. The summed E-state index contributed by atoms with van der Waals surface area (Å²) in [5, 5.41) is 7.43. The predicted octanol–water partition coefficient (Wildman–Crippen LogP) is 5.56. The average molecular weight is 444 g/mol. The molecule has 3 aromatic rings. The lowest BCUT2D eigenvalue weighted by Gasteiger charge is -2.19. The van der Waals surface area contributed by atoms with E-state index in [0.29, 0.717) is 27.6 Å². The lowest BCUT2D eigenvalue weighted by molar-refractivity contribution is 0.0636. The summed E-state index contributed by atoms with van der Waals surface area (Å²) in [5.74, 6) is -0.693. The normalized spacial score (nSPS) is 11.0. The van der Waals surface area contributed by atoms with Crippen molar-refractivity contribution < 1.29 is 23.5 Å². The molecule has 3 rings (SSSR count). The van der Waals surface area contributed by atoms with E-state index in [9.17, 15) is 14.0 Å². The Balaban J connectivity index is 1.63. The van der Waals surface area contributed by atoms with E-state index in [2.05, 4.69) is 15.6 Å². The van der Waals surface area contributed by atoms with Gasteiger partial charge in [0.15, 0.2) is 16.7 Å². The highest BCUT2D eigenvalue weighted by molar-refractivity contribution is 7.14. The first kappa shape index (κ1) is 22.2. The molecule has 7 nitrogen and oxygen atoms in total. The molecule has 0 spiro atoms. The van der Waals surface area contributed by atoms with Crippen LogP contribution in [-0.2, 0) is 4.74 Å². The van der Waals surface area contributed by atoms with Crippen molar-refractivity contribution in [2.45, 2.75) is 26.4 Å². The third-order valence-corrected chi connectivity index (χ3v) is 4.72. The first-order valence-corrected chi connectivity index (χ1v) is 10.2. The first-order chi connectivity index (χ1) is 14.6. The number of carbonyl (C=O) groups excluding carboxylic acids is 2. The van der Waals surface area contributed by atoms with Gasteiger partial charge in [-0.3, -0.25) is 15.4 Å². The number of anilines is 2. The van der Waals surface area contributed by atoms with Crippen LogP contribution in [0.2, 0.25) is 0 Å². The number of nitrogens with zero attached hydrogens (tertiary/aromatic N) is 1. The van der Waals surface area contributed by atoms with Crippen LogP contribution in [0.4, 0.5) is 20.0 Å². The number of rotatable bonds is 5. The molecule has 0 bridgehead atoms. The van der Waals surface area contributed by atoms with Gasteiger partial charge in [0.2, 0.25) is 0 Å². The standard InChI is InChI=1S/C22H22FN3O4S/c1-22(2,3)30-21(28)24-15-8-5-13(6-9-15)19(27)26-20-25-17(12-31-20)14-7-10-18(29-4)16(23)11-14/h5-12H,1-4H3,(H,24,28)(H,25,26,27). The van der Waals surface area contributed by atoms with Crippen molar-refractivity contribution in [3.63, 3.8) is 0 Å². The second-order valence-electron chi connectivity index (χ2n) is 7.55. The Morgan fingerprint density at radius 3 is 2.39 bits per heavy atom. The van der Waals surface area contributed by atoms with E-state index < -0.39 is 17.5 Å². The monoisotopic (exact) mass is 443 g/mol. The summed E-state index contributed by atoms with van der Waals surface area (Å²) in [6, 6.07) is 10.9. The summed E-state index contributed by atoms with van der Waals surface area (Å²) in [7, 11) is 1.40. The van der Waals surface area contributed by atoms with Crippen LogP contribution < -0.4 is 15.4 Å². The van der Waals surface area contributed by atoms with Gasteiger partial charge < -0.3 is 9.47 Å². The van der Waals surface area contributed by atoms with E-state index in [1.54, 1.807) is 56.5 Å². The molecular weight excluding hydrogens is 421 g/mol. The molecule has 0 aliphatic carbocycles. The molecule has 162 valence electrons. The fraction of sp³-hybridized carbons (Fsp3) is 0.227. The van der Waals surface area contributed by atoms with Crippen molar-refractivity contribution in [2.24, 2.45) is 0 Å². The smallest absolute Gasteiger partial charge is 0.412 e. The number of hydrogen-bond acceptors (Lipinski definition) is 6. The third-order valence-electron chi connectivity index (χ3n) is 3.96. The van der Waals surface area contributed by atoms with E-state index in [0.717, 1.165) is 0 Å². The average Bonchev–Trinajstić information content (AvgIpc) is 3.15. The van der Waals surface area contributed by atoms with Crippen molar-refractivity contribution >= 4 is 34.2 Å². The highest BCUT2D eigenvalue weighted by Crippen LogP contribution is 2.28. The number of halogens is 1. The zero-order valence-corrected chi connectivity index (χ0v) is 18.3. The number of amides is 2. The molecular formula is C22H22FN3O4S. The SMILES string of the molecule is COc1ccc(-c2csc(NC(=O)c3ccc(NC(=O)OC(C)(C)C)cc3)n2)cc1F. The van der Waals surface area contributed by atoms with Crippen LogP contribution in [0.15, 0.2) is 47.8 Å². The Bertz CT molecular complexity index is 1090. The van der Waals surface area contributed by atoms with Gasteiger partial charge in [-0.2, -0.15) is 0 Å². The number of hydrogen-bond donors (Lipinski definition) is 2. The molecule has 2 amide bonds. The van der Waals surface area contributed by atoms with E-state index in [1.165, 1.54) is 30.6 Å². The highest BCUT2D eigenvalue weighted by atomic mass is 32.1. The van der Waals surface area contributed by atoms with Crippen LogP contribution in [0.1, 0.15) is 31.1 Å². The van der Waals surface area contributed by atoms with Crippen LogP contribution in [0.25, 0.3) is 11.3 Å². The zero-order chi connectivity index (χ0) is 22.6. The minimum atomic E-state index is -0.603. The van der Waals surface area contributed by atoms with E-state index in [4.69, 9.17) is 9.47 Å². The van der Waals surface area contributed by atoms with Gasteiger partial charge in [-0.1, -0.05) is 0 Å². The number of nitrogens with one attached hydrogen (secondary N) is 2. The topological polar surface area (TPSA) is 89.6 Å². The summed E-state index contributed by atoms with van der Waals surface area (Å²) in [5.41, 5.74) is 1.41. The molecule has 2 N–H and O–H groups in total. The Kier molecular flexibility index (Phi) is 6.55. The van der Waals surface area contributed by atoms with Crippen LogP contribution in [0, 0.1) is 5.82 Å². The Labute approximate surface area is 183 Å². The maximum Gasteiger partial charge on any atom is 0.412 e. The van der Waals surface area contributed by atoms with E-state index >= 15 is 0 Å². The quantitative estimate of drug-likeness (QED) is 0.539. The van der Waals surface area contributed by atoms with Gasteiger partial charge in [-0.15, -0.1) is 11.3 Å². The van der Waals surface area contributed by atoms with E-state index in [1.807, 2.05) is 0 Å². The molecule has 0 radical (unpaired) electrons. The highest BCUT2D eigenvalue weighted by Gasteiger charge is 2.16. The molecule has 2 aromatic carbocycles. The van der Waals surface area contributed by atoms with Gasteiger partial charge >= 0.3 is 6.09 Å². The summed E-state index contributed by atoms with van der Waals surface area (Å²) >= 11 is 1.23. The van der Waals surface area contributed by atoms with Crippen LogP contribution >= 0.6 is 11.3 Å². The number of ether oxygens (including phenoxy) is 2. The third kappa shape index (κ3) is 6.02. The fourth-order valence-electron chi connectivity index (χ4n) is 2.59. The molecule has 0 saturated heterocycles. The van der Waals surface area contributed by atoms with Gasteiger partial charge in [-0.25, -0.2) is 14.2 Å². The van der Waals surface area contributed by atoms with E-state index in [-0.39, 0.29) is 11.7 Å². The Hall–Kier alpha value is -3.46. The number of carbonyl (C=O) groups is 2. The first-order valence-electron chi connectivity index (χ1n) is 9.35. The van der Waals surface area contributed by atoms with Gasteiger partial charge in [0.1, 0.15) is 5.60 Å². The van der Waals surface area contributed by atoms with Crippen molar-refractivity contribution in [3.8, 4) is 17.0 Å². The van der Waals surface area contributed by atoms with Crippen molar-refractivity contribution in [3.05, 3.63) is 59.2 Å². The minimum Gasteiger partial charge on any atom is -0.494 e. The molecule has 0 aliphatic heterocycles. The minimum absolute atomic E-state index is 0.150. The Morgan fingerprint density at radius 2 is 1.77 bits per heavy atom. The van der Waals surface area contributed by atoms with Gasteiger partial charge in [0, 0.05) is 22.2 Å². The second-order valence-corrected chi connectivity index (χ2v) is 8.40. The number of benzene rings is 2. The van der Waals surface area contributed by atoms with Crippen LogP contribution in [-0.4, -0.2) is 29.7 Å². The molecule has 31 heavy (non-hydrogen) atoms. The molecule has 1 aromatic heterocycles. The van der Waals surface area contributed by atoms with Crippen molar-refractivity contribution in [2.75, 3.05) is 17.7 Å². The Morgan fingerprint density at radius 1 is 1.06 bits per heavy atom. The van der Waals surface area contributed by atoms with Gasteiger partial charge in [0.05, 0.1) is 12.8 Å². The fourth-order valence-corrected chi connectivity index (χ4v) is 3.30. The largest absolute Gasteiger partial charge is 0.494 e. The van der Waals surface area contributed by atoms with Crippen molar-refractivity contribution in [1.82, 2.24) is 4.98 Å². The van der Waals surface area contributed by atoms with Crippen LogP contribution in [0.5, 0.6) is 5.75 Å². The maximum absolute atomic E-state index is 13.9. The van der Waals surface area contributed by atoms with Crippen molar-refractivity contribution in [1.29, 1.82) is 0 Å². The number of thiazole rings is 1. The molecule has 0 fully saturated rings.